The van der Waals surface area contributed by atoms with Crippen molar-refractivity contribution in [2.24, 2.45) is 5.10 Å². The lowest BCUT2D eigenvalue weighted by Crippen LogP contribution is -2.77. The fourth-order valence-electron chi connectivity index (χ4n) is 2.34. The molecule has 5 heteroatoms. The summed E-state index contributed by atoms with van der Waals surface area (Å²) in [6.45, 7) is 9.03. The smallest absolute Gasteiger partial charge is 0.354 e. The van der Waals surface area contributed by atoms with Crippen LogP contribution in [0.5, 0.6) is 0 Å². The molecule has 0 saturated carbocycles. The van der Waals surface area contributed by atoms with Crippen molar-refractivity contribution in [3.8, 4) is 0 Å². The zero-order valence-corrected chi connectivity index (χ0v) is 14.1. The van der Waals surface area contributed by atoms with Crippen molar-refractivity contribution in [2.75, 3.05) is 25.1 Å². The monoisotopic (exact) mass is 304 g/mol. The molecule has 5 nitrogen and oxygen atoms in total. The van der Waals surface area contributed by atoms with Crippen LogP contribution in [0, 0.1) is 13.8 Å². The summed E-state index contributed by atoms with van der Waals surface area (Å²) in [5, 5.41) is 4.03. The molecule has 0 fully saturated rings. The van der Waals surface area contributed by atoms with Gasteiger partial charge in [0, 0.05) is 12.7 Å². The first-order valence-electron chi connectivity index (χ1n) is 7.45. The Morgan fingerprint density at radius 1 is 1.36 bits per heavy atom. The van der Waals surface area contributed by atoms with Gasteiger partial charge in [-0.1, -0.05) is 23.3 Å². The summed E-state index contributed by atoms with van der Waals surface area (Å²) in [7, 11) is 2.06. The van der Waals surface area contributed by atoms with Crippen LogP contribution in [0.4, 0.5) is 5.69 Å². The maximum absolute atomic E-state index is 11.2. The molecule has 0 aliphatic heterocycles. The molecule has 0 atom stereocenters. The quantitative estimate of drug-likeness (QED) is 0.361. The Balaban J connectivity index is 2.69. The number of carbonyl (C=O) groups is 1. The zero-order valence-electron chi connectivity index (χ0n) is 14.1. The number of ether oxygens (including phenoxy) is 1. The number of nitrogens with two attached hydrogens (primary N) is 1. The van der Waals surface area contributed by atoms with E-state index in [2.05, 4.69) is 49.1 Å². The van der Waals surface area contributed by atoms with Gasteiger partial charge in [-0.3, -0.25) is 0 Å². The number of nitrogens with zero attached hydrogens (tertiary/aromatic N) is 2. The van der Waals surface area contributed by atoms with E-state index in [4.69, 9.17) is 4.74 Å². The molecule has 2 N–H and O–H groups in total. The molecule has 1 rings (SSSR count). The van der Waals surface area contributed by atoms with Gasteiger partial charge in [0.1, 0.15) is 5.70 Å². The number of likely N-dealkylation sites (N-methyl/N-ethyl adjacent to an activating group) is 1. The average Bonchev–Trinajstić information content (AvgIpc) is 2.46. The largest absolute Gasteiger partial charge is 0.462 e. The second-order valence-electron chi connectivity index (χ2n) is 5.12. The van der Waals surface area contributed by atoms with E-state index >= 15 is 0 Å². The van der Waals surface area contributed by atoms with Gasteiger partial charge in [0.15, 0.2) is 6.21 Å². The molecule has 0 unspecified atom stereocenters. The molecule has 0 aromatic heterocycles. The molecular formula is C17H26N3O2+. The summed E-state index contributed by atoms with van der Waals surface area (Å²) in [6, 6.07) is 6.28. The number of hydrogen-bond donors (Lipinski definition) is 1. The van der Waals surface area contributed by atoms with Crippen LogP contribution in [0.2, 0.25) is 0 Å². The number of aryl methyl sites for hydroxylation is 2. The SMILES string of the molecule is C/C=C(/CN(C)c1c(C)cccc1C)[NH2+]/N=C\C(=O)OCC. The van der Waals surface area contributed by atoms with E-state index in [1.165, 1.54) is 23.0 Å². The van der Waals surface area contributed by atoms with Gasteiger partial charge in [-0.2, -0.15) is 5.43 Å². The molecular weight excluding hydrogens is 278 g/mol. The average molecular weight is 304 g/mol. The Kier molecular flexibility index (Phi) is 7.32. The number of para-hydroxylation sites is 1. The van der Waals surface area contributed by atoms with Gasteiger partial charge < -0.3 is 9.64 Å². The minimum absolute atomic E-state index is 0.358. The number of anilines is 1. The molecule has 0 aliphatic carbocycles. The van der Waals surface area contributed by atoms with Crippen molar-refractivity contribution in [1.29, 1.82) is 0 Å². The van der Waals surface area contributed by atoms with Crippen molar-refractivity contribution < 1.29 is 15.0 Å². The number of rotatable bonds is 7. The van der Waals surface area contributed by atoms with Gasteiger partial charge in [0.2, 0.25) is 0 Å². The van der Waals surface area contributed by atoms with E-state index in [1.54, 1.807) is 12.3 Å². The van der Waals surface area contributed by atoms with Gasteiger partial charge >= 0.3 is 5.97 Å². The van der Waals surface area contributed by atoms with Crippen molar-refractivity contribution in [2.45, 2.75) is 27.7 Å². The number of quaternary nitrogens is 1. The molecule has 22 heavy (non-hydrogen) atoms. The molecule has 0 spiro atoms. The Labute approximate surface area is 132 Å². The van der Waals surface area contributed by atoms with E-state index in [-0.39, 0.29) is 0 Å². The predicted molar refractivity (Wildman–Crippen MR) is 90.0 cm³/mol. The molecule has 0 bridgehead atoms. The topological polar surface area (TPSA) is 58.5 Å². The van der Waals surface area contributed by atoms with Gasteiger partial charge in [-0.25, -0.2) is 4.79 Å². The number of benzene rings is 1. The third-order valence-electron chi connectivity index (χ3n) is 3.32. The third kappa shape index (κ3) is 5.33. The Morgan fingerprint density at radius 2 is 2.00 bits per heavy atom. The van der Waals surface area contributed by atoms with Crippen molar-refractivity contribution in [1.82, 2.24) is 0 Å². The summed E-state index contributed by atoms with van der Waals surface area (Å²) in [4.78, 5) is 13.4. The minimum Gasteiger partial charge on any atom is -0.462 e. The van der Waals surface area contributed by atoms with Crippen LogP contribution >= 0.6 is 0 Å². The first-order valence-corrected chi connectivity index (χ1v) is 7.45. The Bertz CT molecular complexity index is 545. The van der Waals surface area contributed by atoms with Crippen molar-refractivity contribution in [3.63, 3.8) is 0 Å². The fraction of sp³-hybridized carbons (Fsp3) is 0.412. The fourth-order valence-corrected chi connectivity index (χ4v) is 2.34. The Hall–Kier alpha value is -2.14. The second kappa shape index (κ2) is 9.00. The van der Waals surface area contributed by atoms with Crippen LogP contribution in [-0.4, -0.2) is 32.4 Å². The molecule has 1 aromatic carbocycles. The number of carbonyl (C=O) groups excluding carboxylic acids is 1. The first-order chi connectivity index (χ1) is 10.5. The van der Waals surface area contributed by atoms with Crippen molar-refractivity contribution >= 4 is 17.9 Å². The molecule has 0 radical (unpaired) electrons. The van der Waals surface area contributed by atoms with E-state index in [0.717, 1.165) is 12.2 Å². The lowest BCUT2D eigenvalue weighted by Gasteiger charge is -2.23. The lowest BCUT2D eigenvalue weighted by atomic mass is 10.1. The summed E-state index contributed by atoms with van der Waals surface area (Å²) in [5.41, 5.74) is 6.44. The normalized spacial score (nSPS) is 11.8. The summed E-state index contributed by atoms with van der Waals surface area (Å²) >= 11 is 0. The molecule has 0 aliphatic rings. The molecule has 120 valence electrons. The predicted octanol–water partition coefficient (Wildman–Crippen LogP) is 1.76. The number of allylic oxidation sites excluding steroid dienone is 1. The van der Waals surface area contributed by atoms with Gasteiger partial charge in [-0.05, 0) is 44.9 Å². The van der Waals surface area contributed by atoms with Crippen LogP contribution in [0.25, 0.3) is 0 Å². The molecule has 0 heterocycles. The first kappa shape index (κ1) is 17.9. The summed E-state index contributed by atoms with van der Waals surface area (Å²) < 4.78 is 4.80. The second-order valence-corrected chi connectivity index (χ2v) is 5.12. The van der Waals surface area contributed by atoms with Gasteiger partial charge in [0.25, 0.3) is 0 Å². The highest BCUT2D eigenvalue weighted by atomic mass is 16.5. The maximum Gasteiger partial charge on any atom is 0.354 e. The van der Waals surface area contributed by atoms with E-state index in [1.807, 2.05) is 13.0 Å². The molecule has 0 saturated heterocycles. The van der Waals surface area contributed by atoms with E-state index < -0.39 is 5.97 Å². The minimum atomic E-state index is -0.419. The highest BCUT2D eigenvalue weighted by Crippen LogP contribution is 2.23. The highest BCUT2D eigenvalue weighted by Gasteiger charge is 2.11. The van der Waals surface area contributed by atoms with Gasteiger partial charge in [-0.15, -0.1) is 0 Å². The third-order valence-corrected chi connectivity index (χ3v) is 3.32. The van der Waals surface area contributed by atoms with Crippen LogP contribution < -0.4 is 10.3 Å². The summed E-state index contributed by atoms with van der Waals surface area (Å²) in [6.07, 6.45) is 3.19. The number of hydrogen-bond acceptors (Lipinski definition) is 4. The van der Waals surface area contributed by atoms with Crippen LogP contribution in [0.15, 0.2) is 35.1 Å². The van der Waals surface area contributed by atoms with Crippen molar-refractivity contribution in [3.05, 3.63) is 41.1 Å². The standard InChI is InChI=1S/C17H25N3O2/c1-6-15(19-18-11-16(21)22-7-2)12-20(5)17-13(3)9-8-10-14(17)4/h6,8-11,19H,7,12H2,1-5H3/p+1/b15-6-,18-11-. The highest BCUT2D eigenvalue weighted by molar-refractivity contribution is 6.22. The van der Waals surface area contributed by atoms with Gasteiger partial charge in [0.05, 0.1) is 13.2 Å². The van der Waals surface area contributed by atoms with Crippen LogP contribution in [-0.2, 0) is 9.53 Å². The lowest BCUT2D eigenvalue weighted by molar-refractivity contribution is -0.612. The molecule has 0 amide bonds. The molecule has 1 aromatic rings. The van der Waals surface area contributed by atoms with E-state index in [0.29, 0.717) is 6.61 Å². The van der Waals surface area contributed by atoms with E-state index in [9.17, 15) is 4.79 Å². The summed E-state index contributed by atoms with van der Waals surface area (Å²) in [5.74, 6) is -0.419. The van der Waals surface area contributed by atoms with Crippen LogP contribution in [0.1, 0.15) is 25.0 Å². The Morgan fingerprint density at radius 3 is 2.55 bits per heavy atom. The zero-order chi connectivity index (χ0) is 16.5. The van der Waals surface area contributed by atoms with Crippen LogP contribution in [0.3, 0.4) is 0 Å². The maximum atomic E-state index is 11.2. The number of esters is 1.